The van der Waals surface area contributed by atoms with Gasteiger partial charge in [0.15, 0.2) is 0 Å². The van der Waals surface area contributed by atoms with Gasteiger partial charge >= 0.3 is 0 Å². The van der Waals surface area contributed by atoms with Crippen LogP contribution in [0.1, 0.15) is 30.5 Å². The Morgan fingerprint density at radius 1 is 1.40 bits per heavy atom. The van der Waals surface area contributed by atoms with Crippen molar-refractivity contribution in [3.63, 3.8) is 0 Å². The van der Waals surface area contributed by atoms with Gasteiger partial charge in [0.05, 0.1) is 5.60 Å². The topological polar surface area (TPSA) is 21.3 Å². The quantitative estimate of drug-likeness (QED) is 0.806. The Morgan fingerprint density at radius 3 is 2.67 bits per heavy atom. The Balaban J connectivity index is 2.27. The average molecular weight is 227 g/mol. The second kappa shape index (κ2) is 5.64. The summed E-state index contributed by atoms with van der Waals surface area (Å²) >= 11 is 1.85. The molecule has 15 heavy (non-hydrogen) atoms. The molecule has 1 aromatic heterocycles. The molecule has 2 nitrogen and oxygen atoms in total. The number of rotatable bonds is 6. The Morgan fingerprint density at radius 2 is 2.13 bits per heavy atom. The zero-order valence-electron chi connectivity index (χ0n) is 10.1. The van der Waals surface area contributed by atoms with E-state index in [1.807, 2.05) is 18.3 Å². The third-order valence-electron chi connectivity index (χ3n) is 2.18. The summed E-state index contributed by atoms with van der Waals surface area (Å²) in [6, 6.07) is 4.34. The van der Waals surface area contributed by atoms with E-state index in [0.29, 0.717) is 0 Å². The summed E-state index contributed by atoms with van der Waals surface area (Å²) < 4.78 is 5.61. The van der Waals surface area contributed by atoms with Crippen molar-refractivity contribution in [1.82, 2.24) is 5.32 Å². The van der Waals surface area contributed by atoms with Crippen LogP contribution in [0.25, 0.3) is 0 Å². The summed E-state index contributed by atoms with van der Waals surface area (Å²) in [5, 5.41) is 3.43. The van der Waals surface area contributed by atoms with Gasteiger partial charge in [-0.05, 0) is 39.8 Å². The molecule has 1 rings (SSSR count). The molecule has 0 aromatic carbocycles. The van der Waals surface area contributed by atoms with Gasteiger partial charge in [0.25, 0.3) is 0 Å². The fraction of sp³-hybridized carbons (Fsp3) is 0.667. The Kier molecular flexibility index (Phi) is 4.77. The highest BCUT2D eigenvalue weighted by molar-refractivity contribution is 7.11. The minimum Gasteiger partial charge on any atom is -0.375 e. The zero-order chi connectivity index (χ0) is 11.3. The molecule has 0 unspecified atom stereocenters. The molecule has 86 valence electrons. The maximum absolute atomic E-state index is 5.61. The summed E-state index contributed by atoms with van der Waals surface area (Å²) in [6.45, 7) is 11.0. The molecule has 0 saturated heterocycles. The molecule has 3 heteroatoms. The first kappa shape index (κ1) is 12.7. The van der Waals surface area contributed by atoms with Crippen LogP contribution in [-0.2, 0) is 11.3 Å². The fourth-order valence-corrected chi connectivity index (χ4v) is 2.37. The van der Waals surface area contributed by atoms with Gasteiger partial charge in [0.1, 0.15) is 0 Å². The normalized spacial score (nSPS) is 12.0. The maximum Gasteiger partial charge on any atom is 0.0750 e. The fourth-order valence-electron chi connectivity index (χ4n) is 1.51. The third-order valence-corrected chi connectivity index (χ3v) is 3.18. The Hall–Kier alpha value is -0.380. The van der Waals surface area contributed by atoms with Crippen molar-refractivity contribution in [1.29, 1.82) is 0 Å². The molecule has 1 aromatic rings. The number of ether oxygens (including phenoxy) is 1. The van der Waals surface area contributed by atoms with Gasteiger partial charge in [-0.15, -0.1) is 11.3 Å². The summed E-state index contributed by atoms with van der Waals surface area (Å²) in [4.78, 5) is 2.76. The van der Waals surface area contributed by atoms with Gasteiger partial charge in [-0.1, -0.05) is 0 Å². The lowest BCUT2D eigenvalue weighted by atomic mass is 10.1. The highest BCUT2D eigenvalue weighted by atomic mass is 32.1. The molecule has 1 heterocycles. The molecule has 0 fully saturated rings. The number of hydrogen-bond acceptors (Lipinski definition) is 3. The second-order valence-corrected chi connectivity index (χ2v) is 5.68. The van der Waals surface area contributed by atoms with Gasteiger partial charge in [-0.25, -0.2) is 0 Å². The molecule has 0 aliphatic heterocycles. The van der Waals surface area contributed by atoms with Crippen molar-refractivity contribution in [3.8, 4) is 0 Å². The molecule has 1 N–H and O–H groups in total. The number of aryl methyl sites for hydroxylation is 1. The third kappa shape index (κ3) is 4.78. The standard InChI is InChI=1S/C12H21NOS/c1-5-14-12(3,4)9-13-8-11-7-6-10(2)15-11/h6-7,13H,5,8-9H2,1-4H3. The molecule has 0 bridgehead atoms. The van der Waals surface area contributed by atoms with Crippen molar-refractivity contribution < 1.29 is 4.74 Å². The Labute approximate surface area is 96.7 Å². The minimum atomic E-state index is -0.0684. The van der Waals surface area contributed by atoms with Crippen molar-refractivity contribution in [2.45, 2.75) is 39.8 Å². The van der Waals surface area contributed by atoms with Gasteiger partial charge in [0, 0.05) is 29.5 Å². The SMILES string of the molecule is CCOC(C)(C)CNCc1ccc(C)s1. The predicted octanol–water partition coefficient (Wildman–Crippen LogP) is 2.96. The van der Waals surface area contributed by atoms with E-state index in [2.05, 4.69) is 38.2 Å². The summed E-state index contributed by atoms with van der Waals surface area (Å²) in [5.41, 5.74) is -0.0684. The van der Waals surface area contributed by atoms with Crippen LogP contribution in [0.2, 0.25) is 0 Å². The molecule has 0 aliphatic rings. The van der Waals surface area contributed by atoms with Crippen molar-refractivity contribution in [2.24, 2.45) is 0 Å². The second-order valence-electron chi connectivity index (χ2n) is 4.31. The van der Waals surface area contributed by atoms with Crippen LogP contribution in [0.5, 0.6) is 0 Å². The average Bonchev–Trinajstić information content (AvgIpc) is 2.51. The van der Waals surface area contributed by atoms with E-state index >= 15 is 0 Å². The lowest BCUT2D eigenvalue weighted by Crippen LogP contribution is -2.37. The lowest BCUT2D eigenvalue weighted by molar-refractivity contribution is -0.00893. The van der Waals surface area contributed by atoms with E-state index in [1.165, 1.54) is 9.75 Å². The van der Waals surface area contributed by atoms with Gasteiger partial charge in [0.2, 0.25) is 0 Å². The van der Waals surface area contributed by atoms with E-state index in [1.54, 1.807) is 0 Å². The predicted molar refractivity (Wildman–Crippen MR) is 66.5 cm³/mol. The van der Waals surface area contributed by atoms with E-state index in [9.17, 15) is 0 Å². The summed E-state index contributed by atoms with van der Waals surface area (Å²) in [7, 11) is 0. The van der Waals surface area contributed by atoms with E-state index in [4.69, 9.17) is 4.74 Å². The van der Waals surface area contributed by atoms with Gasteiger partial charge in [-0.3, -0.25) is 0 Å². The molecule has 0 spiro atoms. The first-order valence-corrected chi connectivity index (χ1v) is 6.25. The van der Waals surface area contributed by atoms with Gasteiger partial charge in [-0.2, -0.15) is 0 Å². The van der Waals surface area contributed by atoms with E-state index in [0.717, 1.165) is 19.7 Å². The highest BCUT2D eigenvalue weighted by Crippen LogP contribution is 2.15. The van der Waals surface area contributed by atoms with E-state index in [-0.39, 0.29) is 5.60 Å². The summed E-state index contributed by atoms with van der Waals surface area (Å²) in [6.07, 6.45) is 0. The van der Waals surface area contributed by atoms with Crippen LogP contribution in [-0.4, -0.2) is 18.8 Å². The smallest absolute Gasteiger partial charge is 0.0750 e. The molecule has 0 amide bonds. The summed E-state index contributed by atoms with van der Waals surface area (Å²) in [5.74, 6) is 0. The minimum absolute atomic E-state index is 0.0684. The first-order chi connectivity index (χ1) is 7.03. The molecule has 0 saturated carbocycles. The van der Waals surface area contributed by atoms with Crippen LogP contribution in [0.15, 0.2) is 12.1 Å². The van der Waals surface area contributed by atoms with Crippen LogP contribution in [0.4, 0.5) is 0 Å². The van der Waals surface area contributed by atoms with Crippen molar-refractivity contribution >= 4 is 11.3 Å². The lowest BCUT2D eigenvalue weighted by Gasteiger charge is -2.24. The van der Waals surface area contributed by atoms with Gasteiger partial charge < -0.3 is 10.1 Å². The molecule has 0 aliphatic carbocycles. The maximum atomic E-state index is 5.61. The van der Waals surface area contributed by atoms with Crippen LogP contribution in [0, 0.1) is 6.92 Å². The monoisotopic (exact) mass is 227 g/mol. The highest BCUT2D eigenvalue weighted by Gasteiger charge is 2.16. The Bertz CT molecular complexity index is 294. The molecule has 0 radical (unpaired) electrons. The van der Waals surface area contributed by atoms with Crippen LogP contribution < -0.4 is 5.32 Å². The molecular formula is C12H21NOS. The molecule has 0 atom stereocenters. The number of hydrogen-bond donors (Lipinski definition) is 1. The first-order valence-electron chi connectivity index (χ1n) is 5.43. The molecular weight excluding hydrogens is 206 g/mol. The van der Waals surface area contributed by atoms with Crippen molar-refractivity contribution in [2.75, 3.05) is 13.2 Å². The zero-order valence-corrected chi connectivity index (χ0v) is 10.9. The van der Waals surface area contributed by atoms with Crippen LogP contribution in [0.3, 0.4) is 0 Å². The van der Waals surface area contributed by atoms with Crippen molar-refractivity contribution in [3.05, 3.63) is 21.9 Å². The number of thiophene rings is 1. The van der Waals surface area contributed by atoms with E-state index < -0.39 is 0 Å². The number of nitrogens with one attached hydrogen (secondary N) is 1. The largest absolute Gasteiger partial charge is 0.375 e. The van der Waals surface area contributed by atoms with Crippen LogP contribution >= 0.6 is 11.3 Å².